The van der Waals surface area contributed by atoms with Crippen molar-refractivity contribution in [2.75, 3.05) is 6.54 Å². The third-order valence-electron chi connectivity index (χ3n) is 5.00. The van der Waals surface area contributed by atoms with Crippen LogP contribution < -0.4 is 5.73 Å². The smallest absolute Gasteiger partial charge is 0.226 e. The number of nitrogens with two attached hydrogens (primary N) is 1. The first-order chi connectivity index (χ1) is 10.1. The van der Waals surface area contributed by atoms with E-state index in [9.17, 15) is 9.18 Å². The number of rotatable bonds is 2. The molecule has 2 aliphatic rings. The maximum atomic E-state index is 13.5. The minimum absolute atomic E-state index is 0.00465. The van der Waals surface area contributed by atoms with Crippen LogP contribution in [0, 0.1) is 17.7 Å². The van der Waals surface area contributed by atoms with Gasteiger partial charge in [0.2, 0.25) is 5.91 Å². The Hall–Kier alpha value is -1.42. The van der Waals surface area contributed by atoms with Crippen molar-refractivity contribution in [1.82, 2.24) is 4.90 Å². The zero-order valence-corrected chi connectivity index (χ0v) is 12.5. The third-order valence-corrected chi connectivity index (χ3v) is 5.00. The zero-order chi connectivity index (χ0) is 15.0. The molecule has 0 radical (unpaired) electrons. The van der Waals surface area contributed by atoms with Gasteiger partial charge in [0.15, 0.2) is 0 Å². The molecule has 1 saturated heterocycles. The van der Waals surface area contributed by atoms with Gasteiger partial charge in [-0.25, -0.2) is 4.39 Å². The zero-order valence-electron chi connectivity index (χ0n) is 12.5. The lowest BCUT2D eigenvalue weighted by atomic mass is 9.94. The summed E-state index contributed by atoms with van der Waals surface area (Å²) in [5.74, 6) is 0.399. The topological polar surface area (TPSA) is 46.3 Å². The van der Waals surface area contributed by atoms with E-state index in [1.54, 1.807) is 12.1 Å². The van der Waals surface area contributed by atoms with Gasteiger partial charge in [0.05, 0.1) is 6.04 Å². The van der Waals surface area contributed by atoms with E-state index in [-0.39, 0.29) is 29.7 Å². The molecule has 4 atom stereocenters. The molecule has 4 heteroatoms. The number of carbonyl (C=O) groups is 1. The summed E-state index contributed by atoms with van der Waals surface area (Å²) in [6.07, 6.45) is 3.59. The number of halogens is 1. The summed E-state index contributed by atoms with van der Waals surface area (Å²) >= 11 is 0. The molecule has 1 aliphatic carbocycles. The lowest BCUT2D eigenvalue weighted by molar-refractivity contribution is -0.136. The van der Waals surface area contributed by atoms with Crippen molar-refractivity contribution in [3.8, 4) is 0 Å². The normalized spacial score (nSPS) is 32.6. The Balaban J connectivity index is 1.82. The van der Waals surface area contributed by atoms with Gasteiger partial charge in [-0.3, -0.25) is 4.79 Å². The lowest BCUT2D eigenvalue weighted by Crippen LogP contribution is -2.36. The molecule has 1 aromatic rings. The largest absolute Gasteiger partial charge is 0.335 e. The number of likely N-dealkylation sites (tertiary alicyclic amines) is 1. The minimum Gasteiger partial charge on any atom is -0.335 e. The molecule has 0 spiro atoms. The van der Waals surface area contributed by atoms with Crippen LogP contribution in [0.1, 0.15) is 44.2 Å². The average molecular weight is 290 g/mol. The van der Waals surface area contributed by atoms with E-state index in [2.05, 4.69) is 6.92 Å². The summed E-state index contributed by atoms with van der Waals surface area (Å²) < 4.78 is 13.5. The van der Waals surface area contributed by atoms with Crippen LogP contribution >= 0.6 is 0 Å². The maximum Gasteiger partial charge on any atom is 0.226 e. The molecular formula is C17H23FN2O. The summed E-state index contributed by atoms with van der Waals surface area (Å²) in [7, 11) is 0. The molecule has 1 amide bonds. The van der Waals surface area contributed by atoms with E-state index in [0.29, 0.717) is 5.92 Å². The van der Waals surface area contributed by atoms with Gasteiger partial charge < -0.3 is 10.6 Å². The fourth-order valence-corrected chi connectivity index (χ4v) is 3.87. The summed E-state index contributed by atoms with van der Waals surface area (Å²) in [4.78, 5) is 14.7. The SMILES string of the molecule is CC1CCN(C(=O)C2CCC(N)C2)C1c1cccc(F)c1. The summed E-state index contributed by atoms with van der Waals surface area (Å²) in [5, 5.41) is 0. The molecule has 2 fully saturated rings. The fraction of sp³-hybridized carbons (Fsp3) is 0.588. The van der Waals surface area contributed by atoms with Crippen LogP contribution in [0.4, 0.5) is 4.39 Å². The van der Waals surface area contributed by atoms with Crippen LogP contribution in [-0.2, 0) is 4.79 Å². The first-order valence-electron chi connectivity index (χ1n) is 7.88. The molecule has 1 heterocycles. The predicted molar refractivity (Wildman–Crippen MR) is 80.0 cm³/mol. The van der Waals surface area contributed by atoms with E-state index in [1.165, 1.54) is 6.07 Å². The van der Waals surface area contributed by atoms with E-state index < -0.39 is 0 Å². The van der Waals surface area contributed by atoms with Gasteiger partial charge in [0.1, 0.15) is 5.82 Å². The molecule has 21 heavy (non-hydrogen) atoms. The van der Waals surface area contributed by atoms with Crippen molar-refractivity contribution in [2.45, 2.75) is 44.7 Å². The first-order valence-corrected chi connectivity index (χ1v) is 7.88. The second-order valence-corrected chi connectivity index (χ2v) is 6.57. The highest BCUT2D eigenvalue weighted by atomic mass is 19.1. The van der Waals surface area contributed by atoms with Gasteiger partial charge in [-0.15, -0.1) is 0 Å². The molecule has 3 rings (SSSR count). The number of amides is 1. The molecule has 4 unspecified atom stereocenters. The van der Waals surface area contributed by atoms with Gasteiger partial charge in [-0.05, 0) is 49.3 Å². The van der Waals surface area contributed by atoms with E-state index in [1.807, 2.05) is 11.0 Å². The van der Waals surface area contributed by atoms with Crippen LogP contribution in [-0.4, -0.2) is 23.4 Å². The minimum atomic E-state index is -0.234. The van der Waals surface area contributed by atoms with Gasteiger partial charge in [-0.2, -0.15) is 0 Å². The molecule has 1 aliphatic heterocycles. The van der Waals surface area contributed by atoms with Crippen LogP contribution in [0.5, 0.6) is 0 Å². The molecule has 1 saturated carbocycles. The van der Waals surface area contributed by atoms with Gasteiger partial charge in [-0.1, -0.05) is 19.1 Å². The van der Waals surface area contributed by atoms with Gasteiger partial charge in [0, 0.05) is 18.5 Å². The van der Waals surface area contributed by atoms with Crippen LogP contribution in [0.2, 0.25) is 0 Å². The van der Waals surface area contributed by atoms with Crippen molar-refractivity contribution in [1.29, 1.82) is 0 Å². The Morgan fingerprint density at radius 3 is 2.81 bits per heavy atom. The second kappa shape index (κ2) is 5.76. The quantitative estimate of drug-likeness (QED) is 0.910. The van der Waals surface area contributed by atoms with Crippen molar-refractivity contribution >= 4 is 5.91 Å². The Morgan fingerprint density at radius 2 is 2.14 bits per heavy atom. The van der Waals surface area contributed by atoms with Crippen LogP contribution in [0.3, 0.4) is 0 Å². The number of hydrogen-bond donors (Lipinski definition) is 1. The Labute approximate surface area is 125 Å². The highest BCUT2D eigenvalue weighted by Gasteiger charge is 2.39. The predicted octanol–water partition coefficient (Wildman–Crippen LogP) is 2.86. The maximum absolute atomic E-state index is 13.5. The highest BCUT2D eigenvalue weighted by molar-refractivity contribution is 5.80. The standard InChI is InChI=1S/C17H23FN2O/c1-11-7-8-20(17(21)13-5-6-15(19)10-13)16(11)12-3-2-4-14(18)9-12/h2-4,9,11,13,15-16H,5-8,10,19H2,1H3. The fourth-order valence-electron chi connectivity index (χ4n) is 3.87. The molecule has 1 aromatic carbocycles. The number of nitrogens with zero attached hydrogens (tertiary/aromatic N) is 1. The highest BCUT2D eigenvalue weighted by Crippen LogP contribution is 2.39. The van der Waals surface area contributed by atoms with Crippen LogP contribution in [0.25, 0.3) is 0 Å². The van der Waals surface area contributed by atoms with Crippen LogP contribution in [0.15, 0.2) is 24.3 Å². The third kappa shape index (κ3) is 2.82. The Bertz CT molecular complexity index is 533. The van der Waals surface area contributed by atoms with Crippen molar-refractivity contribution in [3.05, 3.63) is 35.6 Å². The molecule has 2 N–H and O–H groups in total. The molecular weight excluding hydrogens is 267 g/mol. The monoisotopic (exact) mass is 290 g/mol. The summed E-state index contributed by atoms with van der Waals surface area (Å²) in [6.45, 7) is 2.91. The van der Waals surface area contributed by atoms with E-state index in [0.717, 1.165) is 37.8 Å². The molecule has 0 bridgehead atoms. The Morgan fingerprint density at radius 1 is 1.33 bits per heavy atom. The molecule has 3 nitrogen and oxygen atoms in total. The number of benzene rings is 1. The summed E-state index contributed by atoms with van der Waals surface area (Å²) in [5.41, 5.74) is 6.85. The molecule has 0 aromatic heterocycles. The van der Waals surface area contributed by atoms with E-state index >= 15 is 0 Å². The summed E-state index contributed by atoms with van der Waals surface area (Å²) in [6, 6.07) is 6.83. The average Bonchev–Trinajstić information content (AvgIpc) is 3.04. The van der Waals surface area contributed by atoms with Gasteiger partial charge in [0.25, 0.3) is 0 Å². The first kappa shape index (κ1) is 14.5. The van der Waals surface area contributed by atoms with Crippen molar-refractivity contribution in [3.63, 3.8) is 0 Å². The number of hydrogen-bond acceptors (Lipinski definition) is 2. The van der Waals surface area contributed by atoms with Gasteiger partial charge >= 0.3 is 0 Å². The molecule has 114 valence electrons. The Kier molecular flexibility index (Phi) is 3.98. The van der Waals surface area contributed by atoms with Crippen molar-refractivity contribution < 1.29 is 9.18 Å². The number of carbonyl (C=O) groups excluding carboxylic acids is 1. The van der Waals surface area contributed by atoms with Crippen molar-refractivity contribution in [2.24, 2.45) is 17.6 Å². The lowest BCUT2D eigenvalue weighted by Gasteiger charge is -2.29. The second-order valence-electron chi connectivity index (χ2n) is 6.57. The van der Waals surface area contributed by atoms with E-state index in [4.69, 9.17) is 5.73 Å².